The third-order valence-electron chi connectivity index (χ3n) is 7.20. The van der Waals surface area contributed by atoms with Gasteiger partial charge in [0.15, 0.2) is 0 Å². The zero-order valence-electron chi connectivity index (χ0n) is 25.4. The SMILES string of the molecule is [2H]c1c([2H])c([2H])c(-c2c3ccccc3c(-c3cc(-c4ccc(C)cc4)cc4ccccc34)c3ccccc23)c([2H])c1[2H]. The second kappa shape index (κ2) is 8.76. The summed E-state index contributed by atoms with van der Waals surface area (Å²) in [5, 5.41) is 5.87. The fraction of sp³-hybridized carbons (Fsp3) is 0.0270. The molecular formula is C37H26. The van der Waals surface area contributed by atoms with E-state index in [1.165, 1.54) is 5.56 Å². The molecule has 0 atom stereocenters. The summed E-state index contributed by atoms with van der Waals surface area (Å²) in [5.74, 6) is 0. The van der Waals surface area contributed by atoms with Crippen molar-refractivity contribution in [3.05, 3.63) is 145 Å². The van der Waals surface area contributed by atoms with Gasteiger partial charge in [-0.05, 0) is 84.8 Å². The molecule has 0 fully saturated rings. The maximum Gasteiger partial charge on any atom is 0.0629 e. The number of benzene rings is 7. The van der Waals surface area contributed by atoms with Crippen molar-refractivity contribution in [3.63, 3.8) is 0 Å². The molecule has 0 amide bonds. The highest BCUT2D eigenvalue weighted by Gasteiger charge is 2.18. The van der Waals surface area contributed by atoms with E-state index in [0.29, 0.717) is 5.56 Å². The molecule has 0 saturated heterocycles. The van der Waals surface area contributed by atoms with Crippen LogP contribution in [-0.4, -0.2) is 0 Å². The second-order valence-corrected chi connectivity index (χ2v) is 9.45. The molecular weight excluding hydrogens is 444 g/mol. The van der Waals surface area contributed by atoms with Crippen LogP contribution in [0, 0.1) is 6.92 Å². The molecule has 7 aromatic rings. The summed E-state index contributed by atoms with van der Waals surface area (Å²) in [6, 6.07) is 36.0. The summed E-state index contributed by atoms with van der Waals surface area (Å²) >= 11 is 0. The molecule has 0 heterocycles. The van der Waals surface area contributed by atoms with Crippen molar-refractivity contribution in [1.29, 1.82) is 0 Å². The van der Waals surface area contributed by atoms with E-state index in [9.17, 15) is 0 Å². The highest BCUT2D eigenvalue weighted by Crippen LogP contribution is 2.46. The van der Waals surface area contributed by atoms with Gasteiger partial charge in [0.1, 0.15) is 0 Å². The molecule has 0 heteroatoms. The maximum absolute atomic E-state index is 8.81. The number of aryl methyl sites for hydroxylation is 1. The van der Waals surface area contributed by atoms with Gasteiger partial charge in [0, 0.05) is 0 Å². The van der Waals surface area contributed by atoms with Gasteiger partial charge in [-0.2, -0.15) is 0 Å². The van der Waals surface area contributed by atoms with Crippen LogP contribution < -0.4 is 0 Å². The van der Waals surface area contributed by atoms with Gasteiger partial charge in [0.05, 0.1) is 6.85 Å². The summed E-state index contributed by atoms with van der Waals surface area (Å²) in [6.07, 6.45) is 0. The Morgan fingerprint density at radius 2 is 1.00 bits per heavy atom. The predicted molar refractivity (Wildman–Crippen MR) is 160 cm³/mol. The van der Waals surface area contributed by atoms with Crippen molar-refractivity contribution in [2.75, 3.05) is 0 Å². The van der Waals surface area contributed by atoms with Gasteiger partial charge in [0.2, 0.25) is 0 Å². The number of hydrogen-bond donors (Lipinski definition) is 0. The molecule has 0 aliphatic carbocycles. The molecule has 7 aromatic carbocycles. The smallest absolute Gasteiger partial charge is 0.0622 e. The molecule has 7 rings (SSSR count). The third kappa shape index (κ3) is 3.61. The quantitative estimate of drug-likeness (QED) is 0.223. The van der Waals surface area contributed by atoms with Crippen LogP contribution in [-0.2, 0) is 0 Å². The van der Waals surface area contributed by atoms with Crippen LogP contribution in [0.15, 0.2) is 139 Å². The van der Waals surface area contributed by atoms with Crippen LogP contribution >= 0.6 is 0 Å². The van der Waals surface area contributed by atoms with Crippen LogP contribution in [0.3, 0.4) is 0 Å². The van der Waals surface area contributed by atoms with Crippen molar-refractivity contribution in [2.45, 2.75) is 6.92 Å². The van der Waals surface area contributed by atoms with Gasteiger partial charge >= 0.3 is 0 Å². The molecule has 0 radical (unpaired) electrons. The van der Waals surface area contributed by atoms with E-state index >= 15 is 0 Å². The number of hydrogen-bond acceptors (Lipinski definition) is 0. The standard InChI is InChI=1S/C37H26/c1-25-19-21-26(22-20-25)29-23-28-13-5-6-14-30(28)35(24-29)37-33-17-9-7-15-31(33)36(27-11-3-2-4-12-27)32-16-8-10-18-34(32)37/h2-24H,1H3/i2D,3D,4D,11D,12D. The molecule has 0 saturated carbocycles. The molecule has 37 heavy (non-hydrogen) atoms. The molecule has 174 valence electrons. The fourth-order valence-electron chi connectivity index (χ4n) is 5.49. The first-order chi connectivity index (χ1) is 20.3. The molecule has 0 nitrogen and oxygen atoms in total. The topological polar surface area (TPSA) is 0 Å². The van der Waals surface area contributed by atoms with Gasteiger partial charge in [-0.25, -0.2) is 0 Å². The Hall–Kier alpha value is -4.68. The highest BCUT2D eigenvalue weighted by atomic mass is 14.2. The van der Waals surface area contributed by atoms with Crippen molar-refractivity contribution in [2.24, 2.45) is 0 Å². The van der Waals surface area contributed by atoms with E-state index in [2.05, 4.69) is 79.7 Å². The van der Waals surface area contributed by atoms with Gasteiger partial charge < -0.3 is 0 Å². The first-order valence-electron chi connectivity index (χ1n) is 15.0. The van der Waals surface area contributed by atoms with E-state index in [-0.39, 0.29) is 29.7 Å². The molecule has 0 aromatic heterocycles. The fourth-order valence-corrected chi connectivity index (χ4v) is 5.49. The van der Waals surface area contributed by atoms with Gasteiger partial charge in [-0.3, -0.25) is 0 Å². The first kappa shape index (κ1) is 16.9. The minimum Gasteiger partial charge on any atom is -0.0622 e. The first-order valence-corrected chi connectivity index (χ1v) is 12.5. The Balaban J connectivity index is 1.66. The summed E-state index contributed by atoms with van der Waals surface area (Å²) in [4.78, 5) is 0. The normalized spacial score (nSPS) is 13.3. The third-order valence-corrected chi connectivity index (χ3v) is 7.20. The lowest BCUT2D eigenvalue weighted by molar-refractivity contribution is 1.47. The summed E-state index contributed by atoms with van der Waals surface area (Å²) in [6.45, 7) is 2.09. The monoisotopic (exact) mass is 475 g/mol. The Morgan fingerprint density at radius 3 is 1.62 bits per heavy atom. The van der Waals surface area contributed by atoms with Crippen molar-refractivity contribution < 1.29 is 6.85 Å². The molecule has 0 spiro atoms. The number of rotatable bonds is 3. The van der Waals surface area contributed by atoms with E-state index in [1.807, 2.05) is 36.4 Å². The Labute approximate surface area is 224 Å². The van der Waals surface area contributed by atoms with Gasteiger partial charge in [-0.15, -0.1) is 0 Å². The molecule has 0 aliphatic heterocycles. The Kier molecular flexibility index (Phi) is 4.00. The summed E-state index contributed by atoms with van der Waals surface area (Å²) in [5.41, 5.74) is 6.48. The van der Waals surface area contributed by atoms with E-state index in [0.717, 1.165) is 54.6 Å². The van der Waals surface area contributed by atoms with Crippen molar-refractivity contribution in [1.82, 2.24) is 0 Å². The molecule has 0 N–H and O–H groups in total. The summed E-state index contributed by atoms with van der Waals surface area (Å²) in [7, 11) is 0. The largest absolute Gasteiger partial charge is 0.0629 e. The average molecular weight is 476 g/mol. The van der Waals surface area contributed by atoms with Gasteiger partial charge in [0.25, 0.3) is 0 Å². The van der Waals surface area contributed by atoms with E-state index < -0.39 is 6.04 Å². The van der Waals surface area contributed by atoms with Crippen LogP contribution in [0.4, 0.5) is 0 Å². The molecule has 0 aliphatic rings. The Bertz CT molecular complexity index is 2110. The lowest BCUT2D eigenvalue weighted by atomic mass is 9.84. The maximum atomic E-state index is 8.81. The van der Waals surface area contributed by atoms with E-state index in [4.69, 9.17) is 6.85 Å². The average Bonchev–Trinajstić information content (AvgIpc) is 3.02. The minimum absolute atomic E-state index is 0.198. The minimum atomic E-state index is -0.390. The van der Waals surface area contributed by atoms with Crippen LogP contribution in [0.1, 0.15) is 12.4 Å². The van der Waals surface area contributed by atoms with Crippen LogP contribution in [0.5, 0.6) is 0 Å². The lowest BCUT2D eigenvalue weighted by Gasteiger charge is -2.19. The lowest BCUT2D eigenvalue weighted by Crippen LogP contribution is -1.92. The second-order valence-electron chi connectivity index (χ2n) is 9.45. The van der Waals surface area contributed by atoms with Crippen LogP contribution in [0.25, 0.3) is 65.7 Å². The summed E-state index contributed by atoms with van der Waals surface area (Å²) < 4.78 is 42.5. The Morgan fingerprint density at radius 1 is 0.459 bits per heavy atom. The zero-order valence-corrected chi connectivity index (χ0v) is 20.4. The van der Waals surface area contributed by atoms with Crippen molar-refractivity contribution in [3.8, 4) is 33.4 Å². The highest BCUT2D eigenvalue weighted by molar-refractivity contribution is 6.23. The van der Waals surface area contributed by atoms with Gasteiger partial charge in [-0.1, -0.05) is 133 Å². The molecule has 0 unspecified atom stereocenters. The number of fused-ring (bicyclic) bond motifs is 3. The predicted octanol–water partition coefficient (Wildman–Crippen LogP) is 10.5. The van der Waals surface area contributed by atoms with E-state index in [1.54, 1.807) is 0 Å². The van der Waals surface area contributed by atoms with Crippen LogP contribution in [0.2, 0.25) is 0 Å². The molecule has 0 bridgehead atoms. The van der Waals surface area contributed by atoms with Crippen molar-refractivity contribution >= 4 is 32.3 Å². The zero-order chi connectivity index (χ0) is 29.1.